The van der Waals surface area contributed by atoms with Crippen LogP contribution in [0, 0.1) is 0 Å². The summed E-state index contributed by atoms with van der Waals surface area (Å²) in [5.41, 5.74) is 0. The lowest BCUT2D eigenvalue weighted by molar-refractivity contribution is -0.118. The molecule has 54 valence electrons. The van der Waals surface area contributed by atoms with Gasteiger partial charge in [0.1, 0.15) is 5.78 Å². The van der Waals surface area contributed by atoms with Crippen molar-refractivity contribution in [3.8, 4) is 0 Å². The maximum atomic E-state index is 10.6. The Morgan fingerprint density at radius 2 is 2.00 bits per heavy atom. The Kier molecular flexibility index (Phi) is 5.00. The molecular weight excluding hydrogens is 182 g/mol. The fraction of sp³-hybridized carbons (Fsp3) is 0.833. The molecule has 1 N–H and O–H groups in total. The number of rotatable bonds is 0. The van der Waals surface area contributed by atoms with Crippen LogP contribution in [-0.4, -0.2) is 18.9 Å². The first-order valence-corrected chi connectivity index (χ1v) is 3.12. The van der Waals surface area contributed by atoms with Crippen molar-refractivity contribution >= 4 is 22.8 Å². The van der Waals surface area contributed by atoms with Crippen LogP contribution >= 0.6 is 17.0 Å². The van der Waals surface area contributed by atoms with Crippen LogP contribution in [-0.2, 0) is 4.79 Å². The summed E-state index contributed by atoms with van der Waals surface area (Å²) in [6, 6.07) is 0. The van der Waals surface area contributed by atoms with E-state index < -0.39 is 0 Å². The van der Waals surface area contributed by atoms with E-state index in [1.165, 1.54) is 0 Å². The Labute approximate surface area is 65.8 Å². The normalized spacial score (nSPS) is 20.2. The topological polar surface area (TPSA) is 29.1 Å². The molecule has 0 amide bonds. The van der Waals surface area contributed by atoms with Crippen LogP contribution in [0.25, 0.3) is 0 Å². The number of halogens is 1. The molecule has 0 radical (unpaired) electrons. The van der Waals surface area contributed by atoms with Crippen molar-refractivity contribution in [3.63, 3.8) is 0 Å². The summed E-state index contributed by atoms with van der Waals surface area (Å²) < 4.78 is 0. The maximum absolute atomic E-state index is 10.6. The zero-order valence-electron chi connectivity index (χ0n) is 5.35. The van der Waals surface area contributed by atoms with E-state index in [-0.39, 0.29) is 17.0 Å². The van der Waals surface area contributed by atoms with Gasteiger partial charge in [0.25, 0.3) is 0 Å². The zero-order chi connectivity index (χ0) is 5.82. The van der Waals surface area contributed by atoms with Gasteiger partial charge in [0.05, 0.1) is 0 Å². The van der Waals surface area contributed by atoms with Gasteiger partial charge in [-0.1, -0.05) is 0 Å². The first-order chi connectivity index (χ1) is 3.89. The highest BCUT2D eigenvalue weighted by Crippen LogP contribution is 1.96. The molecule has 1 heterocycles. The van der Waals surface area contributed by atoms with Crippen LogP contribution < -0.4 is 5.32 Å². The number of nitrogens with one attached hydrogen (secondary N) is 1. The predicted octanol–water partition coefficient (Wildman–Crippen LogP) is 0.907. The number of hydrogen-bond donors (Lipinski definition) is 1. The predicted molar refractivity (Wildman–Crippen MR) is 42.0 cm³/mol. The first kappa shape index (κ1) is 9.11. The van der Waals surface area contributed by atoms with Gasteiger partial charge in [0.2, 0.25) is 0 Å². The Balaban J connectivity index is 0.000000640. The maximum Gasteiger partial charge on any atom is 0.134 e. The van der Waals surface area contributed by atoms with Crippen LogP contribution in [0.3, 0.4) is 0 Å². The minimum absolute atomic E-state index is 0. The zero-order valence-corrected chi connectivity index (χ0v) is 7.07. The van der Waals surface area contributed by atoms with Crippen LogP contribution in [0.4, 0.5) is 0 Å². The van der Waals surface area contributed by atoms with Gasteiger partial charge in [0, 0.05) is 19.4 Å². The van der Waals surface area contributed by atoms with E-state index in [1.54, 1.807) is 0 Å². The summed E-state index contributed by atoms with van der Waals surface area (Å²) in [7, 11) is 0. The number of carbonyl (C=O) groups is 1. The fourth-order valence-corrected chi connectivity index (χ4v) is 0.888. The molecule has 0 spiro atoms. The summed E-state index contributed by atoms with van der Waals surface area (Å²) >= 11 is 0. The van der Waals surface area contributed by atoms with Gasteiger partial charge in [-0.05, 0) is 13.0 Å². The highest BCUT2D eigenvalue weighted by molar-refractivity contribution is 8.93. The fourth-order valence-electron chi connectivity index (χ4n) is 0.888. The summed E-state index contributed by atoms with van der Waals surface area (Å²) in [6.07, 6.45) is 2.55. The van der Waals surface area contributed by atoms with E-state index in [0.717, 1.165) is 32.4 Å². The van der Waals surface area contributed by atoms with Crippen molar-refractivity contribution in [1.82, 2.24) is 5.32 Å². The quantitative estimate of drug-likeness (QED) is 0.620. The van der Waals surface area contributed by atoms with Gasteiger partial charge in [-0.25, -0.2) is 0 Å². The van der Waals surface area contributed by atoms with Crippen LogP contribution in [0.5, 0.6) is 0 Å². The number of carbonyl (C=O) groups excluding carboxylic acids is 1. The third-order valence-electron chi connectivity index (χ3n) is 1.39. The van der Waals surface area contributed by atoms with Crippen molar-refractivity contribution < 1.29 is 4.79 Å². The SMILES string of the molecule is Br.O=C1CCCNCC1. The van der Waals surface area contributed by atoms with Gasteiger partial charge in [0.15, 0.2) is 0 Å². The lowest BCUT2D eigenvalue weighted by Gasteiger charge is -1.91. The Morgan fingerprint density at radius 3 is 2.78 bits per heavy atom. The molecule has 1 saturated heterocycles. The Morgan fingerprint density at radius 1 is 1.22 bits per heavy atom. The minimum atomic E-state index is 0. The van der Waals surface area contributed by atoms with Gasteiger partial charge in [-0.15, -0.1) is 17.0 Å². The summed E-state index contributed by atoms with van der Waals surface area (Å²) in [4.78, 5) is 10.6. The summed E-state index contributed by atoms with van der Waals surface area (Å²) in [5.74, 6) is 0.412. The largest absolute Gasteiger partial charge is 0.316 e. The molecular formula is C6H12BrNO. The van der Waals surface area contributed by atoms with E-state index in [0.29, 0.717) is 5.78 Å². The molecule has 1 fully saturated rings. The standard InChI is InChI=1S/C6H11NO.BrH/c8-6-2-1-4-7-5-3-6;/h7H,1-5H2;1H. The second-order valence-corrected chi connectivity index (χ2v) is 2.14. The summed E-state index contributed by atoms with van der Waals surface area (Å²) in [6.45, 7) is 1.91. The molecule has 1 aliphatic rings. The molecule has 2 nitrogen and oxygen atoms in total. The molecule has 0 aromatic carbocycles. The third-order valence-corrected chi connectivity index (χ3v) is 1.39. The third kappa shape index (κ3) is 3.65. The second kappa shape index (κ2) is 4.94. The molecule has 0 aliphatic carbocycles. The molecule has 1 aliphatic heterocycles. The number of ketones is 1. The molecule has 0 unspecified atom stereocenters. The molecule has 9 heavy (non-hydrogen) atoms. The molecule has 0 atom stereocenters. The first-order valence-electron chi connectivity index (χ1n) is 3.12. The average molecular weight is 194 g/mol. The Bertz CT molecular complexity index is 85.1. The van der Waals surface area contributed by atoms with Crippen molar-refractivity contribution in [2.75, 3.05) is 13.1 Å². The second-order valence-electron chi connectivity index (χ2n) is 2.14. The molecule has 1 rings (SSSR count). The lowest BCUT2D eigenvalue weighted by Crippen LogP contribution is -2.13. The van der Waals surface area contributed by atoms with E-state index in [9.17, 15) is 4.79 Å². The molecule has 0 aromatic heterocycles. The number of hydrogen-bond acceptors (Lipinski definition) is 2. The van der Waals surface area contributed by atoms with Gasteiger partial charge in [-0.2, -0.15) is 0 Å². The van der Waals surface area contributed by atoms with E-state index in [1.807, 2.05) is 0 Å². The van der Waals surface area contributed by atoms with Gasteiger partial charge >= 0.3 is 0 Å². The van der Waals surface area contributed by atoms with Crippen molar-refractivity contribution in [3.05, 3.63) is 0 Å². The highest BCUT2D eigenvalue weighted by atomic mass is 79.9. The molecule has 0 bridgehead atoms. The van der Waals surface area contributed by atoms with Crippen LogP contribution in [0.2, 0.25) is 0 Å². The summed E-state index contributed by atoms with van der Waals surface area (Å²) in [5, 5.41) is 3.16. The smallest absolute Gasteiger partial charge is 0.134 e. The minimum Gasteiger partial charge on any atom is -0.316 e. The molecule has 3 heteroatoms. The molecule has 0 saturated carbocycles. The Hall–Kier alpha value is 0.110. The number of Topliss-reactive ketones (excluding diaryl/α,β-unsaturated/α-hetero) is 1. The average Bonchev–Trinajstić information content (AvgIpc) is 1.94. The molecule has 0 aromatic rings. The van der Waals surface area contributed by atoms with Crippen LogP contribution in [0.15, 0.2) is 0 Å². The van der Waals surface area contributed by atoms with Gasteiger partial charge < -0.3 is 5.32 Å². The van der Waals surface area contributed by atoms with Crippen LogP contribution in [0.1, 0.15) is 19.3 Å². The van der Waals surface area contributed by atoms with Crippen molar-refractivity contribution in [2.24, 2.45) is 0 Å². The van der Waals surface area contributed by atoms with E-state index in [4.69, 9.17) is 0 Å². The van der Waals surface area contributed by atoms with Crippen molar-refractivity contribution in [1.29, 1.82) is 0 Å². The monoisotopic (exact) mass is 193 g/mol. The van der Waals surface area contributed by atoms with Crippen molar-refractivity contribution in [2.45, 2.75) is 19.3 Å². The lowest BCUT2D eigenvalue weighted by atomic mass is 10.2. The van der Waals surface area contributed by atoms with Gasteiger partial charge in [-0.3, -0.25) is 4.79 Å². The highest BCUT2D eigenvalue weighted by Gasteiger charge is 2.04. The van der Waals surface area contributed by atoms with E-state index in [2.05, 4.69) is 5.32 Å². The van der Waals surface area contributed by atoms with E-state index >= 15 is 0 Å².